The molecule has 1 amide bonds. The molecule has 2 N–H and O–H groups in total. The third kappa shape index (κ3) is 3.97. The average molecular weight is 388 g/mol. The van der Waals surface area contributed by atoms with Crippen LogP contribution < -0.4 is 5.32 Å². The predicted octanol–water partition coefficient (Wildman–Crippen LogP) is 5.33. The van der Waals surface area contributed by atoms with Gasteiger partial charge in [0.1, 0.15) is 0 Å². The number of imidazole rings is 1. The minimum atomic E-state index is -0.159. The van der Waals surface area contributed by atoms with Crippen LogP contribution in [0.1, 0.15) is 16.1 Å². The summed E-state index contributed by atoms with van der Waals surface area (Å²) in [5.74, 6) is -0.159. The molecule has 138 valence electrons. The van der Waals surface area contributed by atoms with E-state index in [4.69, 9.17) is 11.6 Å². The van der Waals surface area contributed by atoms with Crippen molar-refractivity contribution < 1.29 is 4.79 Å². The van der Waals surface area contributed by atoms with Crippen LogP contribution in [0, 0.1) is 0 Å². The van der Waals surface area contributed by atoms with Gasteiger partial charge in [0.2, 0.25) is 0 Å². The number of amides is 1. The molecule has 0 saturated heterocycles. The van der Waals surface area contributed by atoms with Gasteiger partial charge < -0.3 is 10.3 Å². The Morgan fingerprint density at radius 2 is 1.64 bits per heavy atom. The monoisotopic (exact) mass is 387 g/mol. The first-order chi connectivity index (χ1) is 13.7. The molecule has 28 heavy (non-hydrogen) atoms. The molecule has 0 aliphatic carbocycles. The first kappa shape index (κ1) is 18.0. The van der Waals surface area contributed by atoms with E-state index in [9.17, 15) is 4.79 Å². The Hall–Kier alpha value is -3.37. The van der Waals surface area contributed by atoms with Gasteiger partial charge >= 0.3 is 0 Å². The second-order valence-corrected chi connectivity index (χ2v) is 6.80. The van der Waals surface area contributed by atoms with Gasteiger partial charge in [-0.3, -0.25) is 4.79 Å². The van der Waals surface area contributed by atoms with E-state index in [0.29, 0.717) is 17.1 Å². The van der Waals surface area contributed by atoms with Gasteiger partial charge in [0.15, 0.2) is 0 Å². The number of nitrogens with one attached hydrogen (secondary N) is 2. The van der Waals surface area contributed by atoms with E-state index >= 15 is 0 Å². The van der Waals surface area contributed by atoms with Crippen LogP contribution in [-0.4, -0.2) is 15.9 Å². The van der Waals surface area contributed by atoms with E-state index < -0.39 is 0 Å². The Morgan fingerprint density at radius 1 is 0.929 bits per heavy atom. The highest BCUT2D eigenvalue weighted by Crippen LogP contribution is 2.31. The Kier molecular flexibility index (Phi) is 5.22. The molecule has 1 heterocycles. The number of hydrogen-bond acceptors (Lipinski definition) is 2. The van der Waals surface area contributed by atoms with Crippen LogP contribution in [0.4, 0.5) is 0 Å². The van der Waals surface area contributed by atoms with Gasteiger partial charge in [-0.1, -0.05) is 66.2 Å². The maximum atomic E-state index is 12.5. The number of carbonyl (C=O) groups excluding carboxylic acids is 1. The van der Waals surface area contributed by atoms with Gasteiger partial charge in [-0.25, -0.2) is 4.98 Å². The highest BCUT2D eigenvalue weighted by atomic mass is 35.5. The molecule has 0 unspecified atom stereocenters. The van der Waals surface area contributed by atoms with Crippen molar-refractivity contribution in [2.75, 3.05) is 0 Å². The molecule has 0 aliphatic heterocycles. The fourth-order valence-corrected chi connectivity index (χ4v) is 3.25. The van der Waals surface area contributed by atoms with E-state index in [1.54, 1.807) is 24.7 Å². The molecule has 0 fully saturated rings. The standard InChI is InChI=1S/C23H18ClN3O/c24-22-11-10-19(23(28)26-14-20-13-25-15-27-20)12-21(22)18-8-6-17(7-9-18)16-4-2-1-3-5-16/h1-13,15H,14H2,(H,25,27)(H,26,28). The van der Waals surface area contributed by atoms with Crippen molar-refractivity contribution in [3.8, 4) is 22.3 Å². The number of halogens is 1. The van der Waals surface area contributed by atoms with Crippen LogP contribution in [0.5, 0.6) is 0 Å². The van der Waals surface area contributed by atoms with Crippen LogP contribution in [0.25, 0.3) is 22.3 Å². The lowest BCUT2D eigenvalue weighted by Crippen LogP contribution is -2.22. The number of hydrogen-bond donors (Lipinski definition) is 2. The predicted molar refractivity (Wildman–Crippen MR) is 112 cm³/mol. The number of benzene rings is 3. The Bertz CT molecular complexity index is 1070. The van der Waals surface area contributed by atoms with Crippen LogP contribution in [0.15, 0.2) is 85.3 Å². The van der Waals surface area contributed by atoms with Gasteiger partial charge in [0, 0.05) is 22.3 Å². The van der Waals surface area contributed by atoms with Crippen LogP contribution in [0.2, 0.25) is 5.02 Å². The SMILES string of the molecule is O=C(NCc1cnc[nH]1)c1ccc(Cl)c(-c2ccc(-c3ccccc3)cc2)c1. The van der Waals surface area contributed by atoms with E-state index in [0.717, 1.165) is 27.9 Å². The summed E-state index contributed by atoms with van der Waals surface area (Å²) in [6, 6.07) is 23.7. The minimum absolute atomic E-state index is 0.159. The number of aromatic nitrogens is 2. The summed E-state index contributed by atoms with van der Waals surface area (Å²) in [7, 11) is 0. The van der Waals surface area contributed by atoms with Gasteiger partial charge in [-0.05, 0) is 34.9 Å². The van der Waals surface area contributed by atoms with Crippen molar-refractivity contribution in [2.24, 2.45) is 0 Å². The fraction of sp³-hybridized carbons (Fsp3) is 0.0435. The topological polar surface area (TPSA) is 57.8 Å². The number of carbonyl (C=O) groups is 1. The molecule has 0 radical (unpaired) electrons. The molecule has 1 aromatic heterocycles. The number of rotatable bonds is 5. The molecule has 3 aromatic carbocycles. The molecule has 0 aliphatic rings. The van der Waals surface area contributed by atoms with Crippen LogP contribution in [0.3, 0.4) is 0 Å². The summed E-state index contributed by atoms with van der Waals surface area (Å²) in [5, 5.41) is 3.49. The zero-order valence-electron chi connectivity index (χ0n) is 15.0. The molecule has 0 bridgehead atoms. The molecule has 4 nitrogen and oxygen atoms in total. The van der Waals surface area contributed by atoms with E-state index in [-0.39, 0.29) is 5.91 Å². The lowest BCUT2D eigenvalue weighted by molar-refractivity contribution is 0.0950. The first-order valence-corrected chi connectivity index (χ1v) is 9.29. The summed E-state index contributed by atoms with van der Waals surface area (Å²) in [6.45, 7) is 0.391. The molecule has 0 spiro atoms. The van der Waals surface area contributed by atoms with Crippen molar-refractivity contribution in [3.63, 3.8) is 0 Å². The van der Waals surface area contributed by atoms with Crippen molar-refractivity contribution >= 4 is 17.5 Å². The third-order valence-electron chi connectivity index (χ3n) is 4.53. The number of aromatic amines is 1. The summed E-state index contributed by atoms with van der Waals surface area (Å²) in [5.41, 5.74) is 5.49. The Labute approximate surface area is 168 Å². The summed E-state index contributed by atoms with van der Waals surface area (Å²) in [6.07, 6.45) is 3.27. The normalized spacial score (nSPS) is 10.6. The van der Waals surface area contributed by atoms with Gasteiger partial charge in [0.25, 0.3) is 5.91 Å². The maximum Gasteiger partial charge on any atom is 0.251 e. The quantitative estimate of drug-likeness (QED) is 0.486. The largest absolute Gasteiger partial charge is 0.347 e. The first-order valence-electron chi connectivity index (χ1n) is 8.91. The molecular formula is C23H18ClN3O. The minimum Gasteiger partial charge on any atom is -0.347 e. The summed E-state index contributed by atoms with van der Waals surface area (Å²) < 4.78 is 0. The van der Waals surface area contributed by atoms with E-state index in [1.165, 1.54) is 0 Å². The van der Waals surface area contributed by atoms with Crippen molar-refractivity contribution in [1.29, 1.82) is 0 Å². The van der Waals surface area contributed by atoms with Gasteiger partial charge in [0.05, 0.1) is 18.6 Å². The van der Waals surface area contributed by atoms with Crippen molar-refractivity contribution in [1.82, 2.24) is 15.3 Å². The highest BCUT2D eigenvalue weighted by Gasteiger charge is 2.11. The molecule has 0 saturated carbocycles. The Balaban J connectivity index is 1.56. The molecule has 4 aromatic rings. The lowest BCUT2D eigenvalue weighted by Gasteiger charge is -2.10. The van der Waals surface area contributed by atoms with Crippen molar-refractivity contribution in [2.45, 2.75) is 6.54 Å². The number of H-pyrrole nitrogens is 1. The van der Waals surface area contributed by atoms with Gasteiger partial charge in [-0.2, -0.15) is 0 Å². The second-order valence-electron chi connectivity index (χ2n) is 6.40. The van der Waals surface area contributed by atoms with Crippen LogP contribution >= 0.6 is 11.6 Å². The Morgan fingerprint density at radius 3 is 2.36 bits per heavy atom. The van der Waals surface area contributed by atoms with Gasteiger partial charge in [-0.15, -0.1) is 0 Å². The third-order valence-corrected chi connectivity index (χ3v) is 4.86. The maximum absolute atomic E-state index is 12.5. The summed E-state index contributed by atoms with van der Waals surface area (Å²) >= 11 is 6.41. The molecule has 4 rings (SSSR count). The zero-order valence-corrected chi connectivity index (χ0v) is 15.8. The van der Waals surface area contributed by atoms with Crippen LogP contribution in [-0.2, 0) is 6.54 Å². The molecule has 5 heteroatoms. The van der Waals surface area contributed by atoms with Crippen molar-refractivity contribution in [3.05, 3.63) is 102 Å². The molecular weight excluding hydrogens is 370 g/mol. The fourth-order valence-electron chi connectivity index (χ4n) is 3.02. The average Bonchev–Trinajstić information content (AvgIpc) is 3.27. The lowest BCUT2D eigenvalue weighted by atomic mass is 9.99. The van der Waals surface area contributed by atoms with E-state index in [1.807, 2.05) is 36.4 Å². The second kappa shape index (κ2) is 8.11. The number of nitrogens with zero attached hydrogens (tertiary/aromatic N) is 1. The summed E-state index contributed by atoms with van der Waals surface area (Å²) in [4.78, 5) is 19.4. The highest BCUT2D eigenvalue weighted by molar-refractivity contribution is 6.33. The molecule has 0 atom stereocenters. The van der Waals surface area contributed by atoms with E-state index in [2.05, 4.69) is 39.6 Å². The smallest absolute Gasteiger partial charge is 0.251 e. The zero-order chi connectivity index (χ0) is 19.3.